The lowest BCUT2D eigenvalue weighted by atomic mass is 9.97. The van der Waals surface area contributed by atoms with Crippen molar-refractivity contribution < 1.29 is 4.79 Å². The summed E-state index contributed by atoms with van der Waals surface area (Å²) in [5.74, 6) is -0.0515. The highest BCUT2D eigenvalue weighted by molar-refractivity contribution is 6.46. The van der Waals surface area contributed by atoms with Crippen molar-refractivity contribution in [3.8, 4) is 0 Å². The Morgan fingerprint density at radius 3 is 2.44 bits per heavy atom. The Kier molecular flexibility index (Phi) is 4.79. The van der Waals surface area contributed by atoms with Gasteiger partial charge in [0.25, 0.3) is 5.91 Å². The number of hydrogen-bond donors (Lipinski definition) is 1. The second kappa shape index (κ2) is 7.10. The van der Waals surface area contributed by atoms with Crippen LogP contribution in [0, 0.1) is 13.8 Å². The molecule has 2 aromatic carbocycles. The number of carbonyl (C=O) groups excluding carboxylic acids is 1. The molecule has 4 rings (SSSR count). The minimum Gasteiger partial charge on any atom is -0.326 e. The van der Waals surface area contributed by atoms with Crippen molar-refractivity contribution in [1.82, 2.24) is 10.2 Å². The van der Waals surface area contributed by atoms with Gasteiger partial charge in [-0.3, -0.25) is 14.7 Å². The molecule has 2 heterocycles. The maximum atomic E-state index is 12.6. The minimum absolute atomic E-state index is 0.0515. The van der Waals surface area contributed by atoms with Crippen LogP contribution in [0.5, 0.6) is 0 Å². The molecule has 1 fully saturated rings. The number of likely N-dealkylation sites (tertiary alicyclic amines) is 1. The molecule has 5 heteroatoms. The molecule has 0 atom stereocenters. The van der Waals surface area contributed by atoms with Crippen LogP contribution >= 0.6 is 11.6 Å². The Morgan fingerprint density at radius 1 is 1.07 bits per heavy atom. The molecule has 140 valence electrons. The molecule has 1 N–H and O–H groups in total. The number of benzene rings is 2. The number of aliphatic imine (C=N–C) groups is 1. The van der Waals surface area contributed by atoms with E-state index >= 15 is 0 Å². The third-order valence-electron chi connectivity index (χ3n) is 5.67. The molecular formula is C22H24ClN3O. The molecule has 0 unspecified atom stereocenters. The van der Waals surface area contributed by atoms with E-state index in [0.717, 1.165) is 43.1 Å². The molecular weight excluding hydrogens is 358 g/mol. The molecule has 0 radical (unpaired) electrons. The Bertz CT molecular complexity index is 896. The van der Waals surface area contributed by atoms with Crippen LogP contribution in [-0.2, 0) is 11.3 Å². The average molecular weight is 382 g/mol. The summed E-state index contributed by atoms with van der Waals surface area (Å²) in [5, 5.41) is 3.92. The zero-order valence-electron chi connectivity index (χ0n) is 15.8. The standard InChI is InChI=1S/C22H24ClN3O/c1-15-3-6-18(13-16(15)2)20-21(27)25-22(24-20)9-11-26(12-10-22)14-17-4-7-19(23)8-5-17/h3-8,13H,9-12,14H2,1-2H3,(H,25,27). The number of nitrogens with zero attached hydrogens (tertiary/aromatic N) is 2. The van der Waals surface area contributed by atoms with E-state index in [9.17, 15) is 4.79 Å². The highest BCUT2D eigenvalue weighted by Gasteiger charge is 2.42. The first-order chi connectivity index (χ1) is 12.9. The predicted molar refractivity (Wildman–Crippen MR) is 109 cm³/mol. The van der Waals surface area contributed by atoms with Crippen LogP contribution in [0.3, 0.4) is 0 Å². The monoisotopic (exact) mass is 381 g/mol. The first kappa shape index (κ1) is 18.2. The molecule has 4 nitrogen and oxygen atoms in total. The number of rotatable bonds is 3. The summed E-state index contributed by atoms with van der Waals surface area (Å²) in [7, 11) is 0. The highest BCUT2D eigenvalue weighted by Crippen LogP contribution is 2.30. The topological polar surface area (TPSA) is 44.7 Å². The van der Waals surface area contributed by atoms with Crippen molar-refractivity contribution in [1.29, 1.82) is 0 Å². The summed E-state index contributed by atoms with van der Waals surface area (Å²) in [6, 6.07) is 14.1. The van der Waals surface area contributed by atoms with Crippen molar-refractivity contribution >= 4 is 23.2 Å². The van der Waals surface area contributed by atoms with Gasteiger partial charge in [-0.1, -0.05) is 35.9 Å². The quantitative estimate of drug-likeness (QED) is 0.877. The normalized spacial score (nSPS) is 19.2. The maximum absolute atomic E-state index is 12.6. The van der Waals surface area contributed by atoms with E-state index in [4.69, 9.17) is 16.6 Å². The molecule has 0 aliphatic carbocycles. The van der Waals surface area contributed by atoms with Gasteiger partial charge in [-0.25, -0.2) is 0 Å². The fourth-order valence-corrected chi connectivity index (χ4v) is 3.94. The molecule has 1 saturated heterocycles. The number of aryl methyl sites for hydroxylation is 2. The summed E-state index contributed by atoms with van der Waals surface area (Å²) in [5.41, 5.74) is 4.71. The predicted octanol–water partition coefficient (Wildman–Crippen LogP) is 3.87. The van der Waals surface area contributed by atoms with Gasteiger partial charge >= 0.3 is 0 Å². The van der Waals surface area contributed by atoms with Crippen molar-refractivity contribution in [2.45, 2.75) is 38.9 Å². The van der Waals surface area contributed by atoms with E-state index in [0.29, 0.717) is 5.71 Å². The zero-order chi connectivity index (χ0) is 19.0. The van der Waals surface area contributed by atoms with Crippen molar-refractivity contribution in [3.05, 3.63) is 69.7 Å². The molecule has 0 saturated carbocycles. The Hall–Kier alpha value is -2.17. The van der Waals surface area contributed by atoms with Gasteiger partial charge in [-0.05, 0) is 48.7 Å². The maximum Gasteiger partial charge on any atom is 0.272 e. The summed E-state index contributed by atoms with van der Waals surface area (Å²) in [6.45, 7) is 6.86. The van der Waals surface area contributed by atoms with Gasteiger partial charge in [0.15, 0.2) is 0 Å². The van der Waals surface area contributed by atoms with Crippen LogP contribution in [0.1, 0.15) is 35.1 Å². The number of halogens is 1. The van der Waals surface area contributed by atoms with Gasteiger partial charge in [0.1, 0.15) is 11.4 Å². The summed E-state index contributed by atoms with van der Waals surface area (Å²) in [6.07, 6.45) is 1.67. The van der Waals surface area contributed by atoms with E-state index in [1.54, 1.807) is 0 Å². The first-order valence-corrected chi connectivity index (χ1v) is 9.79. The van der Waals surface area contributed by atoms with E-state index in [1.165, 1.54) is 16.7 Å². The fraction of sp³-hybridized carbons (Fsp3) is 0.364. The molecule has 0 bridgehead atoms. The average Bonchev–Trinajstić information content (AvgIpc) is 2.98. The Morgan fingerprint density at radius 2 is 1.78 bits per heavy atom. The molecule has 0 aromatic heterocycles. The first-order valence-electron chi connectivity index (χ1n) is 9.41. The van der Waals surface area contributed by atoms with Crippen molar-refractivity contribution in [3.63, 3.8) is 0 Å². The van der Waals surface area contributed by atoms with Crippen LogP contribution in [0.2, 0.25) is 5.02 Å². The smallest absolute Gasteiger partial charge is 0.272 e. The van der Waals surface area contributed by atoms with Gasteiger partial charge in [0.2, 0.25) is 0 Å². The Balaban J connectivity index is 1.46. The number of nitrogens with one attached hydrogen (secondary N) is 1. The molecule has 2 aromatic rings. The van der Waals surface area contributed by atoms with Crippen LogP contribution in [0.15, 0.2) is 47.5 Å². The van der Waals surface area contributed by atoms with Crippen molar-refractivity contribution in [2.75, 3.05) is 13.1 Å². The largest absolute Gasteiger partial charge is 0.326 e. The van der Waals surface area contributed by atoms with Gasteiger partial charge in [0.05, 0.1) is 0 Å². The van der Waals surface area contributed by atoms with E-state index in [2.05, 4.69) is 48.3 Å². The molecule has 2 aliphatic rings. The van der Waals surface area contributed by atoms with E-state index in [1.807, 2.05) is 18.2 Å². The van der Waals surface area contributed by atoms with Crippen LogP contribution in [-0.4, -0.2) is 35.3 Å². The van der Waals surface area contributed by atoms with Crippen LogP contribution < -0.4 is 5.32 Å². The lowest BCUT2D eigenvalue weighted by molar-refractivity contribution is -0.115. The molecule has 27 heavy (non-hydrogen) atoms. The number of piperidine rings is 1. The van der Waals surface area contributed by atoms with Gasteiger partial charge < -0.3 is 5.32 Å². The SMILES string of the molecule is Cc1ccc(C2=NC3(CCN(Cc4ccc(Cl)cc4)CC3)NC2=O)cc1C. The number of amides is 1. The number of hydrogen-bond acceptors (Lipinski definition) is 3. The van der Waals surface area contributed by atoms with Gasteiger partial charge in [-0.15, -0.1) is 0 Å². The van der Waals surface area contributed by atoms with Gasteiger partial charge in [-0.2, -0.15) is 0 Å². The second-order valence-electron chi connectivity index (χ2n) is 7.65. The fourth-order valence-electron chi connectivity index (χ4n) is 3.81. The second-order valence-corrected chi connectivity index (χ2v) is 8.08. The van der Waals surface area contributed by atoms with Crippen LogP contribution in [0.4, 0.5) is 0 Å². The molecule has 1 spiro atoms. The third-order valence-corrected chi connectivity index (χ3v) is 5.92. The minimum atomic E-state index is -0.443. The molecule has 1 amide bonds. The van der Waals surface area contributed by atoms with E-state index in [-0.39, 0.29) is 5.91 Å². The van der Waals surface area contributed by atoms with Crippen molar-refractivity contribution in [2.24, 2.45) is 4.99 Å². The third kappa shape index (κ3) is 3.78. The van der Waals surface area contributed by atoms with Gasteiger partial charge in [0, 0.05) is 43.1 Å². The van der Waals surface area contributed by atoms with E-state index < -0.39 is 5.66 Å². The summed E-state index contributed by atoms with van der Waals surface area (Å²) < 4.78 is 0. The van der Waals surface area contributed by atoms with Crippen LogP contribution in [0.25, 0.3) is 0 Å². The summed E-state index contributed by atoms with van der Waals surface area (Å²) in [4.78, 5) is 19.9. The summed E-state index contributed by atoms with van der Waals surface area (Å²) >= 11 is 5.96. The molecule has 2 aliphatic heterocycles. The Labute approximate surface area is 165 Å². The zero-order valence-corrected chi connectivity index (χ0v) is 16.5. The highest BCUT2D eigenvalue weighted by atomic mass is 35.5. The lowest BCUT2D eigenvalue weighted by Gasteiger charge is -2.37. The number of carbonyl (C=O) groups is 1. The lowest BCUT2D eigenvalue weighted by Crippen LogP contribution is -2.50.